The van der Waals surface area contributed by atoms with Crippen molar-refractivity contribution < 1.29 is 5.11 Å². The number of benzene rings is 2. The highest BCUT2D eigenvalue weighted by molar-refractivity contribution is 9.09. The topological polar surface area (TPSA) is 20.2 Å². The lowest BCUT2D eigenvalue weighted by Crippen LogP contribution is -2.03. The van der Waals surface area contributed by atoms with Crippen molar-refractivity contribution in [3.05, 3.63) is 59.7 Å². The van der Waals surface area contributed by atoms with E-state index in [-0.39, 0.29) is 10.9 Å². The highest BCUT2D eigenvalue weighted by atomic mass is 79.9. The third kappa shape index (κ3) is 1.81. The van der Waals surface area contributed by atoms with Gasteiger partial charge in [-0.05, 0) is 28.7 Å². The first-order chi connectivity index (χ1) is 8.27. The van der Waals surface area contributed by atoms with Gasteiger partial charge in [0, 0.05) is 4.83 Å². The fourth-order valence-corrected chi connectivity index (χ4v) is 3.11. The van der Waals surface area contributed by atoms with E-state index in [2.05, 4.69) is 34.1 Å². The van der Waals surface area contributed by atoms with E-state index >= 15 is 0 Å². The van der Waals surface area contributed by atoms with Crippen molar-refractivity contribution in [2.24, 2.45) is 0 Å². The van der Waals surface area contributed by atoms with Crippen LogP contribution in [0.4, 0.5) is 0 Å². The molecule has 2 aromatic rings. The highest BCUT2D eigenvalue weighted by Gasteiger charge is 2.30. The summed E-state index contributed by atoms with van der Waals surface area (Å²) in [7, 11) is 0. The van der Waals surface area contributed by atoms with Crippen LogP contribution in [0.15, 0.2) is 48.5 Å². The largest absolute Gasteiger partial charge is 0.387 e. The molecular formula is C15H13BrO. The Hall–Kier alpha value is -1.12. The van der Waals surface area contributed by atoms with Crippen molar-refractivity contribution in [1.29, 1.82) is 0 Å². The molecule has 1 aliphatic carbocycles. The maximum Gasteiger partial charge on any atom is 0.0921 e. The standard InChI is InChI=1S/C15H13BrO/c16-14-9-13-11(10-5-2-1-3-6-10)7-4-8-12(13)15(14)17/h1-8,14-15,17H,9H2. The van der Waals surface area contributed by atoms with Gasteiger partial charge in [-0.1, -0.05) is 64.5 Å². The van der Waals surface area contributed by atoms with Crippen molar-refractivity contribution in [2.75, 3.05) is 0 Å². The lowest BCUT2D eigenvalue weighted by atomic mass is 9.97. The van der Waals surface area contributed by atoms with E-state index in [1.165, 1.54) is 16.7 Å². The van der Waals surface area contributed by atoms with Crippen LogP contribution in [-0.2, 0) is 6.42 Å². The first-order valence-electron chi connectivity index (χ1n) is 5.76. The first kappa shape index (κ1) is 11.0. The number of halogens is 1. The summed E-state index contributed by atoms with van der Waals surface area (Å²) in [5.41, 5.74) is 4.79. The summed E-state index contributed by atoms with van der Waals surface area (Å²) in [6, 6.07) is 16.5. The molecule has 0 fully saturated rings. The van der Waals surface area contributed by atoms with Crippen LogP contribution in [0.1, 0.15) is 17.2 Å². The molecule has 2 heteroatoms. The summed E-state index contributed by atoms with van der Waals surface area (Å²) in [6.45, 7) is 0. The lowest BCUT2D eigenvalue weighted by Gasteiger charge is -2.09. The molecule has 0 aromatic heterocycles. The van der Waals surface area contributed by atoms with Crippen LogP contribution in [0.3, 0.4) is 0 Å². The second-order valence-electron chi connectivity index (χ2n) is 4.40. The Kier molecular flexibility index (Phi) is 2.77. The summed E-state index contributed by atoms with van der Waals surface area (Å²) >= 11 is 3.54. The van der Waals surface area contributed by atoms with Gasteiger partial charge in [0.25, 0.3) is 0 Å². The highest BCUT2D eigenvalue weighted by Crippen LogP contribution is 2.40. The lowest BCUT2D eigenvalue weighted by molar-refractivity contribution is 0.187. The Morgan fingerprint density at radius 1 is 1.00 bits per heavy atom. The van der Waals surface area contributed by atoms with Gasteiger partial charge in [0.1, 0.15) is 0 Å². The fraction of sp³-hybridized carbons (Fsp3) is 0.200. The van der Waals surface area contributed by atoms with Crippen LogP contribution in [0.5, 0.6) is 0 Å². The Balaban J connectivity index is 2.16. The minimum Gasteiger partial charge on any atom is -0.387 e. The van der Waals surface area contributed by atoms with E-state index in [0.717, 1.165) is 12.0 Å². The Morgan fingerprint density at radius 2 is 1.76 bits per heavy atom. The Bertz CT molecular complexity index is 536. The van der Waals surface area contributed by atoms with Gasteiger partial charge in [0.2, 0.25) is 0 Å². The van der Waals surface area contributed by atoms with E-state index in [0.29, 0.717) is 0 Å². The van der Waals surface area contributed by atoms with Crippen molar-refractivity contribution in [3.8, 4) is 11.1 Å². The van der Waals surface area contributed by atoms with Crippen molar-refractivity contribution >= 4 is 15.9 Å². The van der Waals surface area contributed by atoms with E-state index < -0.39 is 0 Å². The molecule has 17 heavy (non-hydrogen) atoms. The molecule has 0 bridgehead atoms. The molecule has 1 N–H and O–H groups in total. The second-order valence-corrected chi connectivity index (χ2v) is 5.58. The second kappa shape index (κ2) is 4.28. The van der Waals surface area contributed by atoms with Crippen LogP contribution < -0.4 is 0 Å². The molecule has 2 atom stereocenters. The number of aliphatic hydroxyl groups excluding tert-OH is 1. The van der Waals surface area contributed by atoms with Gasteiger partial charge in [0.15, 0.2) is 0 Å². The average molecular weight is 289 g/mol. The predicted octanol–water partition coefficient (Wildman–Crippen LogP) is 3.71. The molecule has 1 aliphatic rings. The van der Waals surface area contributed by atoms with Gasteiger partial charge < -0.3 is 5.11 Å². The van der Waals surface area contributed by atoms with Gasteiger partial charge in [-0.2, -0.15) is 0 Å². The van der Waals surface area contributed by atoms with Crippen molar-refractivity contribution in [1.82, 2.24) is 0 Å². The third-order valence-corrected chi connectivity index (χ3v) is 4.18. The third-order valence-electron chi connectivity index (χ3n) is 3.36. The summed E-state index contributed by atoms with van der Waals surface area (Å²) in [5.74, 6) is 0. The zero-order valence-corrected chi connectivity index (χ0v) is 10.9. The average Bonchev–Trinajstić information content (AvgIpc) is 2.67. The summed E-state index contributed by atoms with van der Waals surface area (Å²) in [4.78, 5) is 0.141. The molecule has 1 nitrogen and oxygen atoms in total. The molecular weight excluding hydrogens is 276 g/mol. The van der Waals surface area contributed by atoms with E-state index in [4.69, 9.17) is 0 Å². The number of fused-ring (bicyclic) bond motifs is 1. The molecule has 2 unspecified atom stereocenters. The number of alkyl halides is 1. The molecule has 0 radical (unpaired) electrons. The molecule has 2 aromatic carbocycles. The maximum absolute atomic E-state index is 10.1. The van der Waals surface area contributed by atoms with E-state index in [9.17, 15) is 5.11 Å². The molecule has 0 saturated carbocycles. The van der Waals surface area contributed by atoms with Crippen LogP contribution in [-0.4, -0.2) is 9.93 Å². The number of rotatable bonds is 1. The maximum atomic E-state index is 10.1. The summed E-state index contributed by atoms with van der Waals surface area (Å²) in [5, 5.41) is 10.1. The van der Waals surface area contributed by atoms with Crippen LogP contribution >= 0.6 is 15.9 Å². The zero-order valence-electron chi connectivity index (χ0n) is 9.31. The molecule has 0 spiro atoms. The van der Waals surface area contributed by atoms with Gasteiger partial charge in [-0.3, -0.25) is 0 Å². The summed E-state index contributed by atoms with van der Waals surface area (Å²) < 4.78 is 0. The zero-order chi connectivity index (χ0) is 11.8. The smallest absolute Gasteiger partial charge is 0.0921 e. The number of hydrogen-bond acceptors (Lipinski definition) is 1. The number of hydrogen-bond donors (Lipinski definition) is 1. The van der Waals surface area contributed by atoms with Crippen LogP contribution in [0, 0.1) is 0 Å². The molecule has 0 heterocycles. The van der Waals surface area contributed by atoms with Crippen molar-refractivity contribution in [2.45, 2.75) is 17.4 Å². The van der Waals surface area contributed by atoms with E-state index in [1.54, 1.807) is 0 Å². The quantitative estimate of drug-likeness (QED) is 0.794. The molecule has 86 valence electrons. The van der Waals surface area contributed by atoms with Crippen LogP contribution in [0.25, 0.3) is 11.1 Å². The molecule has 0 amide bonds. The molecule has 0 saturated heterocycles. The minimum absolute atomic E-state index is 0.141. The van der Waals surface area contributed by atoms with Gasteiger partial charge in [-0.25, -0.2) is 0 Å². The number of aliphatic hydroxyl groups is 1. The van der Waals surface area contributed by atoms with Crippen LogP contribution in [0.2, 0.25) is 0 Å². The summed E-state index contributed by atoms with van der Waals surface area (Å²) in [6.07, 6.45) is 0.510. The Morgan fingerprint density at radius 3 is 2.53 bits per heavy atom. The molecule has 0 aliphatic heterocycles. The molecule has 3 rings (SSSR count). The predicted molar refractivity (Wildman–Crippen MR) is 73.3 cm³/mol. The fourth-order valence-electron chi connectivity index (χ4n) is 2.50. The first-order valence-corrected chi connectivity index (χ1v) is 6.68. The monoisotopic (exact) mass is 288 g/mol. The van der Waals surface area contributed by atoms with E-state index in [1.807, 2.05) is 30.3 Å². The van der Waals surface area contributed by atoms with Gasteiger partial charge in [-0.15, -0.1) is 0 Å². The minimum atomic E-state index is -0.381. The Labute approximate surface area is 109 Å². The normalized spacial score (nSPS) is 22.5. The van der Waals surface area contributed by atoms with Gasteiger partial charge >= 0.3 is 0 Å². The van der Waals surface area contributed by atoms with Gasteiger partial charge in [0.05, 0.1) is 6.10 Å². The SMILES string of the molecule is OC1c2cccc(-c3ccccc3)c2CC1Br. The van der Waals surface area contributed by atoms with Crippen molar-refractivity contribution in [3.63, 3.8) is 0 Å².